The molecule has 0 saturated carbocycles. The molecule has 0 unspecified atom stereocenters. The first-order chi connectivity index (χ1) is 7.33. The van der Waals surface area contributed by atoms with Crippen molar-refractivity contribution in [3.05, 3.63) is 29.6 Å². The van der Waals surface area contributed by atoms with Crippen LogP contribution in [0.4, 0.5) is 4.39 Å². The Kier molecular flexibility index (Phi) is 3.18. The molecule has 1 aromatic carbocycles. The van der Waals surface area contributed by atoms with E-state index in [0.717, 1.165) is 19.6 Å². The van der Waals surface area contributed by atoms with Gasteiger partial charge in [-0.05, 0) is 12.1 Å². The first-order valence-electron chi connectivity index (χ1n) is 5.09. The van der Waals surface area contributed by atoms with Crippen molar-refractivity contribution >= 4 is 0 Å². The van der Waals surface area contributed by atoms with E-state index in [9.17, 15) is 4.39 Å². The molecule has 82 valence electrons. The number of hydrogen-bond acceptors (Lipinski definition) is 3. The lowest BCUT2D eigenvalue weighted by atomic mass is 10.0. The highest BCUT2D eigenvalue weighted by atomic mass is 19.1. The molecule has 0 aliphatic carbocycles. The van der Waals surface area contributed by atoms with E-state index in [-0.39, 0.29) is 11.9 Å². The van der Waals surface area contributed by atoms with E-state index in [1.54, 1.807) is 19.2 Å². The second-order valence-electron chi connectivity index (χ2n) is 3.57. The fourth-order valence-electron chi connectivity index (χ4n) is 1.89. The highest BCUT2D eigenvalue weighted by molar-refractivity contribution is 5.37. The molecule has 1 aliphatic heterocycles. The maximum atomic E-state index is 13.7. The molecule has 15 heavy (non-hydrogen) atoms. The molecular formula is C11H15FN2O. The molecule has 1 aliphatic rings. The summed E-state index contributed by atoms with van der Waals surface area (Å²) in [5.41, 5.74) is 0.618. The van der Waals surface area contributed by atoms with Crippen molar-refractivity contribution in [2.24, 2.45) is 0 Å². The molecule has 1 heterocycles. The van der Waals surface area contributed by atoms with Gasteiger partial charge < -0.3 is 15.4 Å². The molecule has 1 atom stereocenters. The molecule has 0 bridgehead atoms. The number of rotatable bonds is 2. The largest absolute Gasteiger partial charge is 0.496 e. The Morgan fingerprint density at radius 3 is 2.93 bits per heavy atom. The number of benzene rings is 1. The average molecular weight is 210 g/mol. The van der Waals surface area contributed by atoms with Gasteiger partial charge in [0.25, 0.3) is 0 Å². The van der Waals surface area contributed by atoms with E-state index in [2.05, 4.69) is 10.6 Å². The van der Waals surface area contributed by atoms with Crippen LogP contribution in [-0.4, -0.2) is 26.7 Å². The van der Waals surface area contributed by atoms with E-state index in [4.69, 9.17) is 4.74 Å². The Balaban J connectivity index is 2.31. The summed E-state index contributed by atoms with van der Waals surface area (Å²) in [6.45, 7) is 2.51. The van der Waals surface area contributed by atoms with Gasteiger partial charge in [0, 0.05) is 25.2 Å². The summed E-state index contributed by atoms with van der Waals surface area (Å²) in [6.07, 6.45) is 0. The van der Waals surface area contributed by atoms with Crippen LogP contribution < -0.4 is 15.4 Å². The zero-order chi connectivity index (χ0) is 10.7. The van der Waals surface area contributed by atoms with Crippen LogP contribution in [-0.2, 0) is 0 Å². The van der Waals surface area contributed by atoms with Gasteiger partial charge in [-0.15, -0.1) is 0 Å². The smallest absolute Gasteiger partial charge is 0.131 e. The third kappa shape index (κ3) is 2.11. The Morgan fingerprint density at radius 2 is 2.27 bits per heavy atom. The molecule has 2 N–H and O–H groups in total. The molecule has 0 spiro atoms. The molecule has 4 heteroatoms. The SMILES string of the molecule is COc1cccc(F)c1[C@H]1CNCCN1. The lowest BCUT2D eigenvalue weighted by Gasteiger charge is -2.26. The Bertz CT molecular complexity index is 337. The molecule has 1 saturated heterocycles. The Morgan fingerprint density at radius 1 is 1.40 bits per heavy atom. The van der Waals surface area contributed by atoms with Crippen molar-refractivity contribution in [2.45, 2.75) is 6.04 Å². The van der Waals surface area contributed by atoms with Crippen molar-refractivity contribution in [2.75, 3.05) is 26.7 Å². The Hall–Kier alpha value is -1.13. The molecule has 3 nitrogen and oxygen atoms in total. The number of hydrogen-bond donors (Lipinski definition) is 2. The van der Waals surface area contributed by atoms with Crippen molar-refractivity contribution in [3.63, 3.8) is 0 Å². The number of methoxy groups -OCH3 is 1. The van der Waals surface area contributed by atoms with Crippen LogP contribution in [0.15, 0.2) is 18.2 Å². The van der Waals surface area contributed by atoms with Gasteiger partial charge in [-0.1, -0.05) is 6.07 Å². The summed E-state index contributed by atoms with van der Waals surface area (Å²) in [5.74, 6) is 0.395. The van der Waals surface area contributed by atoms with Gasteiger partial charge in [-0.25, -0.2) is 4.39 Å². The maximum absolute atomic E-state index is 13.7. The lowest BCUT2D eigenvalue weighted by molar-refractivity contribution is 0.371. The second-order valence-corrected chi connectivity index (χ2v) is 3.57. The van der Waals surface area contributed by atoms with E-state index >= 15 is 0 Å². The normalized spacial score (nSPS) is 21.3. The quantitative estimate of drug-likeness (QED) is 0.766. The molecule has 1 fully saturated rings. The van der Waals surface area contributed by atoms with Gasteiger partial charge in [-0.3, -0.25) is 0 Å². The zero-order valence-electron chi connectivity index (χ0n) is 8.72. The standard InChI is InChI=1S/C11H15FN2O/c1-15-10-4-2-3-8(12)11(10)9-7-13-5-6-14-9/h2-4,9,13-14H,5-7H2,1H3/t9-/m1/s1. The molecule has 0 aromatic heterocycles. The summed E-state index contributed by atoms with van der Waals surface area (Å²) in [6, 6.07) is 4.91. The minimum Gasteiger partial charge on any atom is -0.496 e. The summed E-state index contributed by atoms with van der Waals surface area (Å²) in [4.78, 5) is 0. The van der Waals surface area contributed by atoms with E-state index in [1.807, 2.05) is 0 Å². The number of nitrogens with one attached hydrogen (secondary N) is 2. The molecule has 0 amide bonds. The maximum Gasteiger partial charge on any atom is 0.131 e. The lowest BCUT2D eigenvalue weighted by Crippen LogP contribution is -2.43. The van der Waals surface area contributed by atoms with E-state index in [0.29, 0.717) is 11.3 Å². The van der Waals surface area contributed by atoms with Crippen molar-refractivity contribution < 1.29 is 9.13 Å². The molecule has 2 rings (SSSR count). The number of halogens is 1. The first-order valence-corrected chi connectivity index (χ1v) is 5.09. The van der Waals surface area contributed by atoms with Crippen LogP contribution in [0.1, 0.15) is 11.6 Å². The third-order valence-corrected chi connectivity index (χ3v) is 2.62. The molecule has 1 aromatic rings. The summed E-state index contributed by atoms with van der Waals surface area (Å²) >= 11 is 0. The number of piperazine rings is 1. The van der Waals surface area contributed by atoms with Crippen LogP contribution >= 0.6 is 0 Å². The second kappa shape index (κ2) is 4.59. The summed E-state index contributed by atoms with van der Waals surface area (Å²) < 4.78 is 18.8. The van der Waals surface area contributed by atoms with Crippen molar-refractivity contribution in [1.82, 2.24) is 10.6 Å². The Labute approximate surface area is 88.6 Å². The van der Waals surface area contributed by atoms with Gasteiger partial charge in [0.2, 0.25) is 0 Å². The van der Waals surface area contributed by atoms with Crippen LogP contribution in [0.25, 0.3) is 0 Å². The van der Waals surface area contributed by atoms with Crippen LogP contribution in [0.5, 0.6) is 5.75 Å². The first kappa shape index (κ1) is 10.4. The van der Waals surface area contributed by atoms with Crippen molar-refractivity contribution in [1.29, 1.82) is 0 Å². The topological polar surface area (TPSA) is 33.3 Å². The van der Waals surface area contributed by atoms with E-state index in [1.165, 1.54) is 6.07 Å². The predicted octanol–water partition coefficient (Wildman–Crippen LogP) is 1.07. The van der Waals surface area contributed by atoms with Gasteiger partial charge in [0.05, 0.1) is 13.2 Å². The summed E-state index contributed by atoms with van der Waals surface area (Å²) in [5, 5.41) is 6.50. The highest BCUT2D eigenvalue weighted by Crippen LogP contribution is 2.27. The van der Waals surface area contributed by atoms with Crippen molar-refractivity contribution in [3.8, 4) is 5.75 Å². The minimum atomic E-state index is -0.212. The third-order valence-electron chi connectivity index (χ3n) is 2.62. The van der Waals surface area contributed by atoms with Gasteiger partial charge >= 0.3 is 0 Å². The molecular weight excluding hydrogens is 195 g/mol. The van der Waals surface area contributed by atoms with Gasteiger partial charge in [-0.2, -0.15) is 0 Å². The van der Waals surface area contributed by atoms with Crippen LogP contribution in [0.3, 0.4) is 0 Å². The molecule has 0 radical (unpaired) electrons. The number of ether oxygens (including phenoxy) is 1. The predicted molar refractivity (Wildman–Crippen MR) is 56.6 cm³/mol. The monoisotopic (exact) mass is 210 g/mol. The fourth-order valence-corrected chi connectivity index (χ4v) is 1.89. The average Bonchev–Trinajstić information content (AvgIpc) is 2.29. The van der Waals surface area contributed by atoms with Crippen LogP contribution in [0.2, 0.25) is 0 Å². The van der Waals surface area contributed by atoms with E-state index < -0.39 is 0 Å². The highest BCUT2D eigenvalue weighted by Gasteiger charge is 2.21. The minimum absolute atomic E-state index is 0.00472. The van der Waals surface area contributed by atoms with Gasteiger partial charge in [0.15, 0.2) is 0 Å². The fraction of sp³-hybridized carbons (Fsp3) is 0.455. The van der Waals surface area contributed by atoms with Crippen LogP contribution in [0, 0.1) is 5.82 Å². The zero-order valence-corrected chi connectivity index (χ0v) is 8.72. The van der Waals surface area contributed by atoms with Gasteiger partial charge in [0.1, 0.15) is 11.6 Å². The summed E-state index contributed by atoms with van der Waals surface area (Å²) in [7, 11) is 1.56.